The molecular formula is C15H23N3O3. The van der Waals surface area contributed by atoms with Crippen molar-refractivity contribution in [3.8, 4) is 5.75 Å². The molecule has 0 spiro atoms. The van der Waals surface area contributed by atoms with Gasteiger partial charge in [-0.05, 0) is 44.0 Å². The molecule has 0 aromatic heterocycles. The zero-order valence-corrected chi connectivity index (χ0v) is 12.3. The van der Waals surface area contributed by atoms with Crippen molar-refractivity contribution in [2.75, 3.05) is 19.8 Å². The van der Waals surface area contributed by atoms with Crippen LogP contribution >= 0.6 is 0 Å². The molecule has 0 radical (unpaired) electrons. The molecule has 1 aromatic carbocycles. The number of oxime groups is 1. The molecule has 1 aliphatic heterocycles. The smallest absolute Gasteiger partial charge is 0.170 e. The van der Waals surface area contributed by atoms with Crippen molar-refractivity contribution < 1.29 is 14.7 Å². The largest absolute Gasteiger partial charge is 0.492 e. The van der Waals surface area contributed by atoms with E-state index in [1.807, 2.05) is 0 Å². The first-order valence-electron chi connectivity index (χ1n) is 7.26. The van der Waals surface area contributed by atoms with Crippen molar-refractivity contribution >= 4 is 5.84 Å². The maximum absolute atomic E-state index is 8.59. The van der Waals surface area contributed by atoms with Gasteiger partial charge in [0.25, 0.3) is 0 Å². The minimum Gasteiger partial charge on any atom is -0.492 e. The Labute approximate surface area is 124 Å². The van der Waals surface area contributed by atoms with Crippen LogP contribution in [0.25, 0.3) is 0 Å². The van der Waals surface area contributed by atoms with E-state index in [-0.39, 0.29) is 5.84 Å². The molecule has 6 heteroatoms. The quantitative estimate of drug-likeness (QED) is 0.232. The van der Waals surface area contributed by atoms with E-state index in [1.165, 1.54) is 0 Å². The fraction of sp³-hybridized carbons (Fsp3) is 0.533. The summed E-state index contributed by atoms with van der Waals surface area (Å²) in [6.45, 7) is 4.37. The molecule has 1 saturated heterocycles. The molecule has 0 saturated carbocycles. The van der Waals surface area contributed by atoms with E-state index in [0.29, 0.717) is 24.3 Å². The van der Waals surface area contributed by atoms with Crippen LogP contribution in [-0.4, -0.2) is 42.9 Å². The SMILES string of the molecule is CC(NCCOc1ccc(C(N)=NO)cc1)C1CCCO1. The first-order chi connectivity index (χ1) is 10.2. The fourth-order valence-corrected chi connectivity index (χ4v) is 2.36. The highest BCUT2D eigenvalue weighted by Gasteiger charge is 2.21. The predicted molar refractivity (Wildman–Crippen MR) is 80.9 cm³/mol. The molecule has 0 bridgehead atoms. The molecule has 21 heavy (non-hydrogen) atoms. The van der Waals surface area contributed by atoms with E-state index < -0.39 is 0 Å². The molecule has 6 nitrogen and oxygen atoms in total. The van der Waals surface area contributed by atoms with Gasteiger partial charge in [0, 0.05) is 24.8 Å². The van der Waals surface area contributed by atoms with E-state index in [2.05, 4.69) is 17.4 Å². The maximum atomic E-state index is 8.59. The topological polar surface area (TPSA) is 89.1 Å². The summed E-state index contributed by atoms with van der Waals surface area (Å²) in [7, 11) is 0. The zero-order valence-electron chi connectivity index (χ0n) is 12.3. The molecule has 116 valence electrons. The summed E-state index contributed by atoms with van der Waals surface area (Å²) in [4.78, 5) is 0. The van der Waals surface area contributed by atoms with E-state index >= 15 is 0 Å². The number of ether oxygens (including phenoxy) is 2. The van der Waals surface area contributed by atoms with Crippen molar-refractivity contribution in [2.45, 2.75) is 31.9 Å². The van der Waals surface area contributed by atoms with E-state index in [9.17, 15) is 0 Å². The first kappa shape index (κ1) is 15.6. The van der Waals surface area contributed by atoms with Crippen molar-refractivity contribution in [1.82, 2.24) is 5.32 Å². The molecular weight excluding hydrogens is 270 g/mol. The van der Waals surface area contributed by atoms with Crippen LogP contribution in [-0.2, 0) is 4.74 Å². The molecule has 1 aliphatic rings. The monoisotopic (exact) mass is 293 g/mol. The normalized spacial score (nSPS) is 20.4. The number of rotatable bonds is 7. The first-order valence-corrected chi connectivity index (χ1v) is 7.26. The van der Waals surface area contributed by atoms with Gasteiger partial charge in [0.05, 0.1) is 6.10 Å². The second-order valence-electron chi connectivity index (χ2n) is 5.15. The summed E-state index contributed by atoms with van der Waals surface area (Å²) in [5.74, 6) is 0.852. The lowest BCUT2D eigenvalue weighted by Gasteiger charge is -2.20. The Balaban J connectivity index is 1.68. The van der Waals surface area contributed by atoms with Crippen LogP contribution < -0.4 is 15.8 Å². The van der Waals surface area contributed by atoms with Gasteiger partial charge in [-0.1, -0.05) is 5.16 Å². The van der Waals surface area contributed by atoms with Crippen LogP contribution in [0, 0.1) is 0 Å². The average molecular weight is 293 g/mol. The third-order valence-electron chi connectivity index (χ3n) is 3.62. The van der Waals surface area contributed by atoms with Crippen molar-refractivity contribution in [3.63, 3.8) is 0 Å². The lowest BCUT2D eigenvalue weighted by atomic mass is 10.1. The van der Waals surface area contributed by atoms with Gasteiger partial charge in [0.1, 0.15) is 12.4 Å². The van der Waals surface area contributed by atoms with Crippen LogP contribution in [0.3, 0.4) is 0 Å². The zero-order chi connectivity index (χ0) is 15.1. The van der Waals surface area contributed by atoms with E-state index in [0.717, 1.165) is 31.7 Å². The van der Waals surface area contributed by atoms with Gasteiger partial charge in [-0.2, -0.15) is 0 Å². The number of nitrogens with zero attached hydrogens (tertiary/aromatic N) is 1. The Kier molecular flexibility index (Phi) is 5.83. The number of nitrogens with one attached hydrogen (secondary N) is 1. The number of hydrogen-bond acceptors (Lipinski definition) is 5. The van der Waals surface area contributed by atoms with Gasteiger partial charge in [0.2, 0.25) is 0 Å². The number of hydrogen-bond donors (Lipinski definition) is 3. The standard InChI is InChI=1S/C15H23N3O3/c1-11(14-3-2-9-21-14)17-8-10-20-13-6-4-12(5-7-13)15(16)18-19/h4-7,11,14,17,19H,2-3,8-10H2,1H3,(H2,16,18). The molecule has 1 aromatic rings. The minimum absolute atomic E-state index is 0.0913. The van der Waals surface area contributed by atoms with Gasteiger partial charge >= 0.3 is 0 Å². The third kappa shape index (κ3) is 4.61. The number of benzene rings is 1. The molecule has 0 aliphatic carbocycles. The number of amidine groups is 1. The maximum Gasteiger partial charge on any atom is 0.170 e. The fourth-order valence-electron chi connectivity index (χ4n) is 2.36. The lowest BCUT2D eigenvalue weighted by Crippen LogP contribution is -2.39. The summed E-state index contributed by atoms with van der Waals surface area (Å²) in [6, 6.07) is 7.46. The van der Waals surface area contributed by atoms with Crippen LogP contribution in [0.5, 0.6) is 5.75 Å². The highest BCUT2D eigenvalue weighted by Crippen LogP contribution is 2.15. The highest BCUT2D eigenvalue weighted by atomic mass is 16.5. The summed E-state index contributed by atoms with van der Waals surface area (Å²) in [6.07, 6.45) is 2.61. The molecule has 0 amide bonds. The van der Waals surface area contributed by atoms with Crippen LogP contribution in [0.4, 0.5) is 0 Å². The Bertz CT molecular complexity index is 456. The predicted octanol–water partition coefficient (Wildman–Crippen LogP) is 1.32. The summed E-state index contributed by atoms with van der Waals surface area (Å²) in [5, 5.41) is 14.9. The molecule has 2 unspecified atom stereocenters. The van der Waals surface area contributed by atoms with Gasteiger partial charge in [-0.25, -0.2) is 0 Å². The highest BCUT2D eigenvalue weighted by molar-refractivity contribution is 5.97. The Morgan fingerprint density at radius 1 is 1.52 bits per heavy atom. The van der Waals surface area contributed by atoms with Gasteiger partial charge in [0.15, 0.2) is 5.84 Å². The van der Waals surface area contributed by atoms with Crippen molar-refractivity contribution in [2.24, 2.45) is 10.9 Å². The van der Waals surface area contributed by atoms with E-state index in [4.69, 9.17) is 20.4 Å². The number of nitrogens with two attached hydrogens (primary N) is 1. The summed E-state index contributed by atoms with van der Waals surface area (Å²) >= 11 is 0. The minimum atomic E-state index is 0.0913. The molecule has 2 atom stereocenters. The average Bonchev–Trinajstić information content (AvgIpc) is 3.05. The molecule has 1 heterocycles. The Morgan fingerprint density at radius 2 is 2.29 bits per heavy atom. The van der Waals surface area contributed by atoms with Gasteiger partial charge < -0.3 is 25.7 Å². The van der Waals surface area contributed by atoms with E-state index in [1.54, 1.807) is 24.3 Å². The summed E-state index contributed by atoms with van der Waals surface area (Å²) < 4.78 is 11.3. The molecule has 4 N–H and O–H groups in total. The van der Waals surface area contributed by atoms with Crippen LogP contribution in [0.2, 0.25) is 0 Å². The summed E-state index contributed by atoms with van der Waals surface area (Å²) in [5.41, 5.74) is 6.16. The van der Waals surface area contributed by atoms with Crippen molar-refractivity contribution in [1.29, 1.82) is 0 Å². The van der Waals surface area contributed by atoms with Crippen LogP contribution in [0.1, 0.15) is 25.3 Å². The second kappa shape index (κ2) is 7.85. The Morgan fingerprint density at radius 3 is 2.90 bits per heavy atom. The van der Waals surface area contributed by atoms with Crippen LogP contribution in [0.15, 0.2) is 29.4 Å². The molecule has 2 rings (SSSR count). The van der Waals surface area contributed by atoms with Gasteiger partial charge in [-0.3, -0.25) is 0 Å². The Hall–Kier alpha value is -1.79. The van der Waals surface area contributed by atoms with Gasteiger partial charge in [-0.15, -0.1) is 0 Å². The lowest BCUT2D eigenvalue weighted by molar-refractivity contribution is 0.0824. The molecule has 1 fully saturated rings. The van der Waals surface area contributed by atoms with Crippen molar-refractivity contribution in [3.05, 3.63) is 29.8 Å². The third-order valence-corrected chi connectivity index (χ3v) is 3.62. The second-order valence-corrected chi connectivity index (χ2v) is 5.15.